The topological polar surface area (TPSA) is 146 Å². The van der Waals surface area contributed by atoms with E-state index in [2.05, 4.69) is 25.3 Å². The fourth-order valence-electron chi connectivity index (χ4n) is 7.04. The van der Waals surface area contributed by atoms with Crippen molar-refractivity contribution < 1.29 is 40.7 Å². The van der Waals surface area contributed by atoms with Gasteiger partial charge in [0.25, 0.3) is 12.3 Å². The molecule has 1 aliphatic heterocycles. The molecule has 1 unspecified atom stereocenters. The SMILES string of the molecule is CC(F)C1(CC(=O)OC[C@H](c2ccc(Cl)c(-n3ncnc3C(F)F)c2)N2C(=O)[C@@](CC(C)(C)C(F)(F)F)(c3ccc(-c4cnn(C5CC5)n4)cc3)N=C2N)CC1. The molecule has 2 aromatic carbocycles. The van der Waals surface area contributed by atoms with E-state index in [9.17, 15) is 35.9 Å². The van der Waals surface area contributed by atoms with Gasteiger partial charge in [0.2, 0.25) is 0 Å². The molecule has 4 aromatic rings. The Kier molecular flexibility index (Phi) is 9.94. The van der Waals surface area contributed by atoms with E-state index in [4.69, 9.17) is 22.1 Å². The molecule has 2 aliphatic carbocycles. The molecule has 298 valence electrons. The molecule has 12 nitrogen and oxygen atoms in total. The Balaban J connectivity index is 1.29. The normalized spacial score (nSPS) is 20.7. The predicted molar refractivity (Wildman–Crippen MR) is 190 cm³/mol. The minimum absolute atomic E-state index is 0.0441. The van der Waals surface area contributed by atoms with E-state index >= 15 is 0 Å². The highest BCUT2D eigenvalue weighted by Crippen LogP contribution is 2.54. The third-order valence-electron chi connectivity index (χ3n) is 10.9. The number of carbonyl (C=O) groups excluding carboxylic acids is 2. The molecular formula is C37H38ClF6N9O3. The maximum Gasteiger partial charge on any atom is 0.394 e. The largest absolute Gasteiger partial charge is 0.463 e. The number of hydrogen-bond acceptors (Lipinski definition) is 9. The summed E-state index contributed by atoms with van der Waals surface area (Å²) in [6.45, 7) is 2.63. The monoisotopic (exact) mass is 805 g/mol. The number of amides is 1. The van der Waals surface area contributed by atoms with Gasteiger partial charge in [0.15, 0.2) is 17.3 Å². The highest BCUT2D eigenvalue weighted by atomic mass is 35.5. The van der Waals surface area contributed by atoms with Crippen LogP contribution in [0, 0.1) is 10.8 Å². The predicted octanol–water partition coefficient (Wildman–Crippen LogP) is 7.60. The van der Waals surface area contributed by atoms with Crippen LogP contribution in [0.5, 0.6) is 0 Å². The molecule has 0 bridgehead atoms. The van der Waals surface area contributed by atoms with Crippen molar-refractivity contribution in [1.29, 1.82) is 0 Å². The summed E-state index contributed by atoms with van der Waals surface area (Å²) in [4.78, 5) is 38.8. The maximum atomic E-state index is 15.0. The van der Waals surface area contributed by atoms with Crippen LogP contribution >= 0.6 is 11.6 Å². The van der Waals surface area contributed by atoms with Gasteiger partial charge in [-0.3, -0.25) is 14.5 Å². The van der Waals surface area contributed by atoms with Gasteiger partial charge in [-0.15, -0.1) is 0 Å². The van der Waals surface area contributed by atoms with Crippen LogP contribution in [0.15, 0.2) is 60.0 Å². The Morgan fingerprint density at radius 2 is 1.77 bits per heavy atom. The summed E-state index contributed by atoms with van der Waals surface area (Å²) < 4.78 is 92.4. The molecule has 7 rings (SSSR count). The van der Waals surface area contributed by atoms with E-state index in [1.54, 1.807) is 23.1 Å². The van der Waals surface area contributed by atoms with Crippen LogP contribution in [-0.2, 0) is 19.9 Å². The lowest BCUT2D eigenvalue weighted by atomic mass is 9.74. The van der Waals surface area contributed by atoms with E-state index in [0.717, 1.165) is 42.6 Å². The Morgan fingerprint density at radius 1 is 1.07 bits per heavy atom. The minimum Gasteiger partial charge on any atom is -0.463 e. The van der Waals surface area contributed by atoms with Crippen molar-refractivity contribution in [3.8, 4) is 16.9 Å². The second kappa shape index (κ2) is 14.2. The second-order valence-corrected chi connectivity index (χ2v) is 15.7. The number of carbonyl (C=O) groups is 2. The molecule has 56 heavy (non-hydrogen) atoms. The lowest BCUT2D eigenvalue weighted by molar-refractivity contribution is -0.218. The Labute approximate surface area is 322 Å². The lowest BCUT2D eigenvalue weighted by Crippen LogP contribution is -2.49. The molecule has 19 heteroatoms. The molecule has 2 N–H and O–H groups in total. The fraction of sp³-hybridized carbons (Fsp3) is 0.486. The fourth-order valence-corrected chi connectivity index (χ4v) is 7.24. The van der Waals surface area contributed by atoms with Gasteiger partial charge in [-0.1, -0.05) is 55.8 Å². The van der Waals surface area contributed by atoms with E-state index in [1.807, 2.05) is 0 Å². The molecule has 3 heterocycles. The summed E-state index contributed by atoms with van der Waals surface area (Å²) >= 11 is 6.44. The first-order chi connectivity index (χ1) is 26.4. The van der Waals surface area contributed by atoms with Crippen molar-refractivity contribution in [3.63, 3.8) is 0 Å². The highest BCUT2D eigenvalue weighted by molar-refractivity contribution is 6.32. The molecule has 0 spiro atoms. The van der Waals surface area contributed by atoms with E-state index in [-0.39, 0.29) is 34.3 Å². The number of hydrogen-bond donors (Lipinski definition) is 1. The second-order valence-electron chi connectivity index (χ2n) is 15.3. The van der Waals surface area contributed by atoms with Crippen LogP contribution in [0.2, 0.25) is 5.02 Å². The average Bonchev–Trinajstić information content (AvgIpc) is 4.00. The first-order valence-corrected chi connectivity index (χ1v) is 18.3. The summed E-state index contributed by atoms with van der Waals surface area (Å²) in [5, 5.41) is 12.6. The van der Waals surface area contributed by atoms with Gasteiger partial charge in [0, 0.05) is 11.0 Å². The third kappa shape index (κ3) is 7.23. The molecule has 3 atom stereocenters. The standard InChI is InChI=1S/C37H38ClF6N9O3/c1-20(39)35(12-13-35)15-29(54)56-17-28(22-6-11-25(38)27(14-22)52-31(30(40)41)46-19-48-52)51-32(55)36(49-33(51)45,18-34(2,3)37(42,43)44)23-7-4-21(5-8-23)26-16-47-53(50-26)24-9-10-24/h4-8,11,14,16,19-20,24,28,30H,9-10,12-13,15,17-18H2,1-3H3,(H2,45,49)/t20?,28-,36-/m1/s1. The van der Waals surface area contributed by atoms with Crippen LogP contribution < -0.4 is 5.73 Å². The molecule has 3 aliphatic rings. The van der Waals surface area contributed by atoms with E-state index in [1.165, 1.54) is 37.3 Å². The number of benzene rings is 2. The van der Waals surface area contributed by atoms with Crippen molar-refractivity contribution in [1.82, 2.24) is 34.7 Å². The van der Waals surface area contributed by atoms with Gasteiger partial charge in [-0.25, -0.2) is 27.8 Å². The Morgan fingerprint density at radius 3 is 2.38 bits per heavy atom. The van der Waals surface area contributed by atoms with Crippen LogP contribution in [0.3, 0.4) is 0 Å². The summed E-state index contributed by atoms with van der Waals surface area (Å²) in [6, 6.07) is 9.04. The number of halogens is 7. The Hall–Kier alpha value is -5.00. The van der Waals surface area contributed by atoms with Crippen LogP contribution in [0.1, 0.15) is 94.8 Å². The number of nitrogens with zero attached hydrogens (tertiary/aromatic N) is 8. The molecule has 0 saturated heterocycles. The number of aliphatic imine (C=N–C) groups is 1. The van der Waals surface area contributed by atoms with Gasteiger partial charge in [-0.05, 0) is 62.3 Å². The Bertz CT molecular complexity index is 2160. The third-order valence-corrected chi connectivity index (χ3v) is 11.2. The maximum absolute atomic E-state index is 15.0. The lowest BCUT2D eigenvalue weighted by Gasteiger charge is -2.37. The zero-order chi connectivity index (χ0) is 40.4. The molecule has 1 amide bonds. The van der Waals surface area contributed by atoms with Crippen molar-refractivity contribution in [2.24, 2.45) is 21.6 Å². The summed E-state index contributed by atoms with van der Waals surface area (Å²) in [5.41, 5.74) is 2.14. The molecular weight excluding hydrogens is 768 g/mol. The zero-order valence-corrected chi connectivity index (χ0v) is 31.2. The van der Waals surface area contributed by atoms with Crippen molar-refractivity contribution in [2.75, 3.05) is 6.61 Å². The van der Waals surface area contributed by atoms with Crippen LogP contribution in [-0.4, -0.2) is 71.4 Å². The quantitative estimate of drug-likeness (QED) is 0.101. The van der Waals surface area contributed by atoms with Gasteiger partial charge in [0.05, 0.1) is 40.8 Å². The first-order valence-electron chi connectivity index (χ1n) is 17.9. The van der Waals surface area contributed by atoms with Gasteiger partial charge in [0.1, 0.15) is 24.8 Å². The van der Waals surface area contributed by atoms with Gasteiger partial charge < -0.3 is 10.5 Å². The van der Waals surface area contributed by atoms with Crippen LogP contribution in [0.4, 0.5) is 26.3 Å². The van der Waals surface area contributed by atoms with Gasteiger partial charge in [-0.2, -0.15) is 33.3 Å². The van der Waals surface area contributed by atoms with Crippen molar-refractivity contribution >= 4 is 29.4 Å². The summed E-state index contributed by atoms with van der Waals surface area (Å²) in [5.74, 6) is -3.00. The van der Waals surface area contributed by atoms with Crippen molar-refractivity contribution in [2.45, 2.75) is 95.7 Å². The first kappa shape index (κ1) is 39.2. The number of guanidine groups is 1. The van der Waals surface area contributed by atoms with E-state index < -0.39 is 77.9 Å². The van der Waals surface area contributed by atoms with E-state index in [0.29, 0.717) is 24.1 Å². The average molecular weight is 806 g/mol. The van der Waals surface area contributed by atoms with Crippen LogP contribution in [0.25, 0.3) is 16.9 Å². The summed E-state index contributed by atoms with van der Waals surface area (Å²) in [7, 11) is 0. The number of alkyl halides is 6. The van der Waals surface area contributed by atoms with Crippen molar-refractivity contribution in [3.05, 3.63) is 77.0 Å². The number of esters is 1. The molecule has 2 saturated carbocycles. The number of ether oxygens (including phenoxy) is 1. The minimum atomic E-state index is -4.79. The number of aromatic nitrogens is 6. The summed E-state index contributed by atoms with van der Waals surface area (Å²) in [6.07, 6.45) is -4.97. The molecule has 2 fully saturated rings. The zero-order valence-electron chi connectivity index (χ0n) is 30.5. The number of rotatable bonds is 14. The number of nitrogens with two attached hydrogens (primary N) is 1. The smallest absolute Gasteiger partial charge is 0.394 e. The molecule has 2 aromatic heterocycles. The highest BCUT2D eigenvalue weighted by Gasteiger charge is 2.59. The van der Waals surface area contributed by atoms with Gasteiger partial charge >= 0.3 is 12.1 Å². The molecule has 0 radical (unpaired) electrons.